The van der Waals surface area contributed by atoms with Gasteiger partial charge >= 0.3 is 0 Å². The van der Waals surface area contributed by atoms with E-state index in [1.165, 1.54) is 33.4 Å². The van der Waals surface area contributed by atoms with Crippen LogP contribution in [0.4, 0.5) is 0 Å². The molecule has 0 atom stereocenters. The average molecular weight is 575 g/mol. The Morgan fingerprint density at radius 3 is 0.581 bits per heavy atom. The van der Waals surface area contributed by atoms with Crippen LogP contribution in [0.5, 0.6) is 0 Å². The van der Waals surface area contributed by atoms with Gasteiger partial charge in [0.1, 0.15) is 0 Å². The van der Waals surface area contributed by atoms with Crippen molar-refractivity contribution in [3.63, 3.8) is 0 Å². The fourth-order valence-electron chi connectivity index (χ4n) is 6.32. The lowest BCUT2D eigenvalue weighted by Gasteiger charge is -2.32. The lowest BCUT2D eigenvalue weighted by molar-refractivity contribution is 0.871. The molecule has 6 aromatic carbocycles. The third-order valence-electron chi connectivity index (χ3n) is 8.53. The SMILES string of the molecule is c1ccc(C(CP(CC(c2ccccc2)c2ccccc2)CC(c2ccccc2)c2ccccc2)c2ccccc2)cc1. The summed E-state index contributed by atoms with van der Waals surface area (Å²) in [5.74, 6) is 1.06. The Balaban J connectivity index is 1.43. The maximum Gasteiger partial charge on any atom is 0.0129 e. The maximum absolute atomic E-state index is 2.32. The zero-order chi connectivity index (χ0) is 29.1. The molecule has 0 saturated heterocycles. The quantitative estimate of drug-likeness (QED) is 0.128. The summed E-state index contributed by atoms with van der Waals surface area (Å²) in [4.78, 5) is 0. The van der Waals surface area contributed by atoms with E-state index < -0.39 is 7.92 Å². The molecule has 6 aromatic rings. The van der Waals surface area contributed by atoms with Gasteiger partial charge in [-0.15, -0.1) is 7.92 Å². The minimum Gasteiger partial charge on any atom is -0.104 e. The van der Waals surface area contributed by atoms with Gasteiger partial charge in [0, 0.05) is 17.8 Å². The second kappa shape index (κ2) is 14.8. The molecule has 212 valence electrons. The molecule has 0 aliphatic carbocycles. The van der Waals surface area contributed by atoms with E-state index in [9.17, 15) is 0 Å². The summed E-state index contributed by atoms with van der Waals surface area (Å²) >= 11 is 0. The smallest absolute Gasteiger partial charge is 0.0129 e. The molecule has 0 heterocycles. The zero-order valence-electron chi connectivity index (χ0n) is 24.6. The van der Waals surface area contributed by atoms with Crippen LogP contribution in [-0.2, 0) is 0 Å². The molecule has 0 saturated carbocycles. The highest BCUT2D eigenvalue weighted by Gasteiger charge is 2.28. The van der Waals surface area contributed by atoms with E-state index in [0.29, 0.717) is 17.8 Å². The highest BCUT2D eigenvalue weighted by Crippen LogP contribution is 2.51. The highest BCUT2D eigenvalue weighted by atomic mass is 31.1. The van der Waals surface area contributed by atoms with Gasteiger partial charge in [0.15, 0.2) is 0 Å². The van der Waals surface area contributed by atoms with Crippen LogP contribution >= 0.6 is 7.92 Å². The fourth-order valence-corrected chi connectivity index (χ4v) is 9.58. The normalized spacial score (nSPS) is 11.4. The van der Waals surface area contributed by atoms with Crippen LogP contribution in [0.1, 0.15) is 51.1 Å². The van der Waals surface area contributed by atoms with Gasteiger partial charge in [0.25, 0.3) is 0 Å². The lowest BCUT2D eigenvalue weighted by Crippen LogP contribution is -2.16. The van der Waals surface area contributed by atoms with E-state index in [-0.39, 0.29) is 0 Å². The van der Waals surface area contributed by atoms with Crippen LogP contribution in [0.2, 0.25) is 0 Å². The van der Waals surface area contributed by atoms with Crippen molar-refractivity contribution in [1.82, 2.24) is 0 Å². The highest BCUT2D eigenvalue weighted by molar-refractivity contribution is 7.57. The summed E-state index contributed by atoms with van der Waals surface area (Å²) in [6, 6.07) is 67.0. The van der Waals surface area contributed by atoms with Gasteiger partial charge in [0.2, 0.25) is 0 Å². The summed E-state index contributed by atoms with van der Waals surface area (Å²) < 4.78 is 0. The molecule has 6 rings (SSSR count). The van der Waals surface area contributed by atoms with E-state index in [0.717, 1.165) is 18.5 Å². The average Bonchev–Trinajstić information content (AvgIpc) is 3.10. The largest absolute Gasteiger partial charge is 0.104 e. The molecule has 1 heteroatoms. The van der Waals surface area contributed by atoms with E-state index in [1.54, 1.807) is 0 Å². The Morgan fingerprint density at radius 1 is 0.256 bits per heavy atom. The third-order valence-corrected chi connectivity index (χ3v) is 11.2. The predicted octanol–water partition coefficient (Wildman–Crippen LogP) is 11.0. The topological polar surface area (TPSA) is 0 Å². The lowest BCUT2D eigenvalue weighted by atomic mass is 9.92. The molecule has 43 heavy (non-hydrogen) atoms. The van der Waals surface area contributed by atoms with Crippen molar-refractivity contribution in [2.75, 3.05) is 18.5 Å². The molecule has 0 bridgehead atoms. The van der Waals surface area contributed by atoms with Crippen molar-refractivity contribution in [1.29, 1.82) is 0 Å². The minimum absolute atomic E-state index is 0.355. The standard InChI is InChI=1S/C42H39P/c1-7-19-34(20-8-1)40(35-21-9-2-10-22-35)31-43(32-41(36-23-11-3-12-24-36)37-25-13-4-14-26-37)33-42(38-27-15-5-16-28-38)39-29-17-6-18-30-39/h1-30,40-42H,31-33H2. The van der Waals surface area contributed by atoms with Crippen LogP contribution in [0.15, 0.2) is 182 Å². The Morgan fingerprint density at radius 2 is 0.419 bits per heavy atom. The first-order valence-electron chi connectivity index (χ1n) is 15.4. The van der Waals surface area contributed by atoms with Crippen molar-refractivity contribution in [2.24, 2.45) is 0 Å². The predicted molar refractivity (Wildman–Crippen MR) is 186 cm³/mol. The molecule has 0 unspecified atom stereocenters. The van der Waals surface area contributed by atoms with Crippen LogP contribution in [0.3, 0.4) is 0 Å². The van der Waals surface area contributed by atoms with Gasteiger partial charge in [-0.2, -0.15) is 0 Å². The molecule has 0 aliphatic rings. The van der Waals surface area contributed by atoms with Gasteiger partial charge in [-0.05, 0) is 51.9 Å². The van der Waals surface area contributed by atoms with Gasteiger partial charge in [-0.3, -0.25) is 0 Å². The summed E-state index contributed by atoms with van der Waals surface area (Å²) in [7, 11) is -0.420. The van der Waals surface area contributed by atoms with Gasteiger partial charge in [0.05, 0.1) is 0 Å². The molecular formula is C42H39P. The Bertz CT molecular complexity index is 1300. The second-order valence-electron chi connectivity index (χ2n) is 11.3. The molecule has 0 N–H and O–H groups in total. The molecule has 0 spiro atoms. The van der Waals surface area contributed by atoms with Crippen LogP contribution in [0, 0.1) is 0 Å². The molecule has 0 fully saturated rings. The van der Waals surface area contributed by atoms with Crippen molar-refractivity contribution in [3.05, 3.63) is 215 Å². The van der Waals surface area contributed by atoms with Crippen LogP contribution in [-0.4, -0.2) is 18.5 Å². The third kappa shape index (κ3) is 7.59. The summed E-state index contributed by atoms with van der Waals surface area (Å²) in [6.07, 6.45) is 3.45. The molecule has 0 aliphatic heterocycles. The van der Waals surface area contributed by atoms with Crippen molar-refractivity contribution in [3.8, 4) is 0 Å². The zero-order valence-corrected chi connectivity index (χ0v) is 25.5. The summed E-state index contributed by atoms with van der Waals surface area (Å²) in [6.45, 7) is 0. The van der Waals surface area contributed by atoms with Crippen molar-refractivity contribution >= 4 is 7.92 Å². The first-order chi connectivity index (χ1) is 21.3. The molecule has 0 aromatic heterocycles. The monoisotopic (exact) mass is 574 g/mol. The van der Waals surface area contributed by atoms with Crippen LogP contribution < -0.4 is 0 Å². The summed E-state index contributed by atoms with van der Waals surface area (Å²) in [5, 5.41) is 0. The van der Waals surface area contributed by atoms with Gasteiger partial charge in [-0.1, -0.05) is 182 Å². The number of hydrogen-bond donors (Lipinski definition) is 0. The van der Waals surface area contributed by atoms with Gasteiger partial charge < -0.3 is 0 Å². The second-order valence-corrected chi connectivity index (χ2v) is 13.8. The van der Waals surface area contributed by atoms with E-state index in [1.807, 2.05) is 0 Å². The number of benzene rings is 6. The van der Waals surface area contributed by atoms with Crippen molar-refractivity contribution in [2.45, 2.75) is 17.8 Å². The van der Waals surface area contributed by atoms with E-state index in [4.69, 9.17) is 0 Å². The number of rotatable bonds is 12. The van der Waals surface area contributed by atoms with Crippen LogP contribution in [0.25, 0.3) is 0 Å². The Kier molecular flexibility index (Phi) is 9.91. The molecule has 0 nitrogen and oxygen atoms in total. The fraction of sp³-hybridized carbons (Fsp3) is 0.143. The Hall–Kier alpha value is -4.25. The minimum atomic E-state index is -0.420. The first-order valence-corrected chi connectivity index (χ1v) is 17.3. The first kappa shape index (κ1) is 28.9. The number of hydrogen-bond acceptors (Lipinski definition) is 0. The molecule has 0 radical (unpaired) electrons. The van der Waals surface area contributed by atoms with Gasteiger partial charge in [-0.25, -0.2) is 0 Å². The van der Waals surface area contributed by atoms with E-state index >= 15 is 0 Å². The summed E-state index contributed by atoms with van der Waals surface area (Å²) in [5.41, 5.74) is 8.46. The molecule has 0 amide bonds. The van der Waals surface area contributed by atoms with E-state index in [2.05, 4.69) is 182 Å². The van der Waals surface area contributed by atoms with Crippen molar-refractivity contribution < 1.29 is 0 Å². The molecular weight excluding hydrogens is 535 g/mol. The maximum atomic E-state index is 2.32. The Labute approximate surface area is 258 Å².